The van der Waals surface area contributed by atoms with Gasteiger partial charge in [0.05, 0.1) is 12.5 Å². The molecule has 1 aliphatic heterocycles. The van der Waals surface area contributed by atoms with Crippen LogP contribution in [0.5, 0.6) is 0 Å². The van der Waals surface area contributed by atoms with E-state index in [0.29, 0.717) is 12.6 Å². The second kappa shape index (κ2) is 9.97. The van der Waals surface area contributed by atoms with Crippen molar-refractivity contribution in [3.63, 3.8) is 0 Å². The zero-order chi connectivity index (χ0) is 13.2. The van der Waals surface area contributed by atoms with Crippen LogP contribution in [0.1, 0.15) is 32.6 Å². The highest BCUT2D eigenvalue weighted by Crippen LogP contribution is 2.13. The minimum atomic E-state index is -0.0389. The first-order valence-corrected chi connectivity index (χ1v) is 8.34. The normalized spacial score (nSPS) is 18.6. The van der Waals surface area contributed by atoms with E-state index in [1.54, 1.807) is 0 Å². The molecule has 0 amide bonds. The number of carbonyl (C=O) groups is 1. The highest BCUT2D eigenvalue weighted by atomic mass is 127. The number of esters is 1. The number of alkyl halides is 1. The van der Waals surface area contributed by atoms with Crippen molar-refractivity contribution in [2.24, 2.45) is 5.92 Å². The van der Waals surface area contributed by atoms with Gasteiger partial charge in [-0.05, 0) is 39.2 Å². The summed E-state index contributed by atoms with van der Waals surface area (Å²) in [4.78, 5) is 11.7. The van der Waals surface area contributed by atoms with E-state index < -0.39 is 0 Å². The molecule has 1 rings (SSSR count). The van der Waals surface area contributed by atoms with Gasteiger partial charge in [0.15, 0.2) is 0 Å². The van der Waals surface area contributed by atoms with E-state index in [1.165, 1.54) is 0 Å². The number of halogens is 1. The molecule has 0 spiro atoms. The number of hydrogen-bond acceptors (Lipinski definition) is 4. The smallest absolute Gasteiger partial charge is 0.308 e. The van der Waals surface area contributed by atoms with Crippen molar-refractivity contribution >= 4 is 28.6 Å². The minimum Gasteiger partial charge on any atom is -0.466 e. The van der Waals surface area contributed by atoms with Gasteiger partial charge in [-0.1, -0.05) is 22.6 Å². The molecule has 1 atom stereocenters. The molecule has 0 aromatic rings. The molecule has 1 N–H and O–H groups in total. The largest absolute Gasteiger partial charge is 0.466 e. The van der Waals surface area contributed by atoms with Gasteiger partial charge in [-0.15, -0.1) is 0 Å². The lowest BCUT2D eigenvalue weighted by atomic mass is 10.0. The van der Waals surface area contributed by atoms with Crippen LogP contribution in [-0.2, 0) is 14.3 Å². The average molecular weight is 369 g/mol. The molecule has 0 aromatic heterocycles. The second-order valence-electron chi connectivity index (χ2n) is 4.56. The van der Waals surface area contributed by atoms with Gasteiger partial charge >= 0.3 is 5.97 Å². The zero-order valence-corrected chi connectivity index (χ0v) is 13.3. The summed E-state index contributed by atoms with van der Waals surface area (Å²) in [5.41, 5.74) is 0. The molecule has 1 fully saturated rings. The monoisotopic (exact) mass is 369 g/mol. The third-order valence-corrected chi connectivity index (χ3v) is 3.85. The SMILES string of the molecule is CCOC(=O)C(CCI)CCNC1CCOCC1. The van der Waals surface area contributed by atoms with Crippen molar-refractivity contribution in [1.82, 2.24) is 5.32 Å². The standard InChI is InChI=1S/C13H24INO3/c1-2-18-13(16)11(3-7-14)4-8-15-12-5-9-17-10-6-12/h11-12,15H,2-10H2,1H3. The topological polar surface area (TPSA) is 47.6 Å². The molecule has 1 saturated heterocycles. The van der Waals surface area contributed by atoms with Gasteiger partial charge in [0.1, 0.15) is 0 Å². The first-order chi connectivity index (χ1) is 8.77. The van der Waals surface area contributed by atoms with Crippen molar-refractivity contribution in [2.75, 3.05) is 30.8 Å². The summed E-state index contributed by atoms with van der Waals surface area (Å²) >= 11 is 2.31. The molecular formula is C13H24INO3. The third-order valence-electron chi connectivity index (χ3n) is 3.22. The van der Waals surface area contributed by atoms with Crippen molar-refractivity contribution in [3.05, 3.63) is 0 Å². The molecule has 0 radical (unpaired) electrons. The predicted octanol–water partition coefficient (Wildman–Crippen LogP) is 2.15. The van der Waals surface area contributed by atoms with Gasteiger partial charge < -0.3 is 14.8 Å². The molecule has 0 saturated carbocycles. The van der Waals surface area contributed by atoms with Crippen LogP contribution < -0.4 is 5.32 Å². The van der Waals surface area contributed by atoms with Gasteiger partial charge in [-0.3, -0.25) is 4.79 Å². The van der Waals surface area contributed by atoms with E-state index in [0.717, 1.165) is 49.9 Å². The molecule has 106 valence electrons. The quantitative estimate of drug-likeness (QED) is 0.405. The Morgan fingerprint density at radius 1 is 1.44 bits per heavy atom. The molecule has 5 heteroatoms. The van der Waals surface area contributed by atoms with Gasteiger partial charge in [0, 0.05) is 23.7 Å². The van der Waals surface area contributed by atoms with E-state index in [-0.39, 0.29) is 11.9 Å². The van der Waals surface area contributed by atoms with Crippen molar-refractivity contribution in [1.29, 1.82) is 0 Å². The minimum absolute atomic E-state index is 0.0389. The molecule has 4 nitrogen and oxygen atoms in total. The summed E-state index contributed by atoms with van der Waals surface area (Å²) in [5.74, 6) is 0.0112. The molecule has 18 heavy (non-hydrogen) atoms. The summed E-state index contributed by atoms with van der Waals surface area (Å²) < 4.78 is 11.4. The molecule has 0 aromatic carbocycles. The van der Waals surface area contributed by atoms with Crippen molar-refractivity contribution < 1.29 is 14.3 Å². The maximum absolute atomic E-state index is 11.7. The summed E-state index contributed by atoms with van der Waals surface area (Å²) in [5, 5.41) is 3.52. The second-order valence-corrected chi connectivity index (χ2v) is 5.63. The fraction of sp³-hybridized carbons (Fsp3) is 0.923. The molecule has 1 aliphatic rings. The fourth-order valence-corrected chi connectivity index (χ4v) is 2.89. The van der Waals surface area contributed by atoms with Crippen LogP contribution in [0, 0.1) is 5.92 Å². The van der Waals surface area contributed by atoms with Gasteiger partial charge in [0.25, 0.3) is 0 Å². The molecule has 1 unspecified atom stereocenters. The molecule has 1 heterocycles. The van der Waals surface area contributed by atoms with E-state index in [2.05, 4.69) is 27.9 Å². The molecular weight excluding hydrogens is 345 g/mol. The lowest BCUT2D eigenvalue weighted by molar-refractivity contribution is -0.148. The predicted molar refractivity (Wildman–Crippen MR) is 80.1 cm³/mol. The Labute approximate surface area is 123 Å². The Morgan fingerprint density at radius 2 is 2.17 bits per heavy atom. The van der Waals surface area contributed by atoms with Gasteiger partial charge in [0.2, 0.25) is 0 Å². The maximum atomic E-state index is 11.7. The van der Waals surface area contributed by atoms with Crippen LogP contribution in [0.15, 0.2) is 0 Å². The first-order valence-electron chi connectivity index (χ1n) is 6.81. The summed E-state index contributed by atoms with van der Waals surface area (Å²) in [6.07, 6.45) is 3.95. The van der Waals surface area contributed by atoms with Crippen LogP contribution in [0.3, 0.4) is 0 Å². The third kappa shape index (κ3) is 6.33. The summed E-state index contributed by atoms with van der Waals surface area (Å²) in [6.45, 7) is 4.94. The van der Waals surface area contributed by atoms with Crippen LogP contribution in [0.2, 0.25) is 0 Å². The Kier molecular flexibility index (Phi) is 8.96. The Hall–Kier alpha value is 0.120. The lowest BCUT2D eigenvalue weighted by Crippen LogP contribution is -2.36. The number of ether oxygens (including phenoxy) is 2. The number of nitrogens with one attached hydrogen (secondary N) is 1. The average Bonchev–Trinajstić information content (AvgIpc) is 2.39. The van der Waals surface area contributed by atoms with Crippen LogP contribution in [-0.4, -0.2) is 42.8 Å². The van der Waals surface area contributed by atoms with Gasteiger partial charge in [-0.2, -0.15) is 0 Å². The Balaban J connectivity index is 2.21. The van der Waals surface area contributed by atoms with Crippen LogP contribution in [0.25, 0.3) is 0 Å². The Morgan fingerprint density at radius 3 is 2.78 bits per heavy atom. The summed E-state index contributed by atoms with van der Waals surface area (Å²) in [6, 6.07) is 0.557. The number of rotatable bonds is 8. The van der Waals surface area contributed by atoms with Crippen LogP contribution in [0.4, 0.5) is 0 Å². The first kappa shape index (κ1) is 16.2. The summed E-state index contributed by atoms with van der Waals surface area (Å²) in [7, 11) is 0. The highest BCUT2D eigenvalue weighted by Gasteiger charge is 2.19. The molecule has 0 bridgehead atoms. The van der Waals surface area contributed by atoms with E-state index >= 15 is 0 Å². The van der Waals surface area contributed by atoms with E-state index in [1.807, 2.05) is 6.92 Å². The van der Waals surface area contributed by atoms with E-state index in [4.69, 9.17) is 9.47 Å². The zero-order valence-electron chi connectivity index (χ0n) is 11.1. The Bertz CT molecular complexity index is 232. The fourth-order valence-electron chi connectivity index (χ4n) is 2.14. The number of hydrogen-bond donors (Lipinski definition) is 1. The number of carbonyl (C=O) groups excluding carboxylic acids is 1. The van der Waals surface area contributed by atoms with Crippen molar-refractivity contribution in [3.8, 4) is 0 Å². The lowest BCUT2D eigenvalue weighted by Gasteiger charge is -2.24. The highest BCUT2D eigenvalue weighted by molar-refractivity contribution is 14.1. The van der Waals surface area contributed by atoms with Crippen LogP contribution >= 0.6 is 22.6 Å². The van der Waals surface area contributed by atoms with Crippen molar-refractivity contribution in [2.45, 2.75) is 38.6 Å². The molecule has 0 aliphatic carbocycles. The maximum Gasteiger partial charge on any atom is 0.308 e. The van der Waals surface area contributed by atoms with Gasteiger partial charge in [-0.25, -0.2) is 0 Å². The van der Waals surface area contributed by atoms with E-state index in [9.17, 15) is 4.79 Å².